The molecule has 0 fully saturated rings. The van der Waals surface area contributed by atoms with Crippen LogP contribution in [0.4, 0.5) is 34.1 Å². The van der Waals surface area contributed by atoms with E-state index in [-0.39, 0.29) is 5.78 Å². The third kappa shape index (κ3) is 16.3. The number of anilines is 6. The van der Waals surface area contributed by atoms with Gasteiger partial charge in [-0.15, -0.1) is 22.7 Å². The van der Waals surface area contributed by atoms with Gasteiger partial charge in [-0.3, -0.25) is 4.79 Å². The fourth-order valence-electron chi connectivity index (χ4n) is 20.2. The highest BCUT2D eigenvalue weighted by molar-refractivity contribution is 7.26. The van der Waals surface area contributed by atoms with Crippen LogP contribution < -0.4 is 9.80 Å². The molecule has 0 radical (unpaired) electrons. The second-order valence-corrected chi connectivity index (χ2v) is 38.1. The number of hydrogen-bond donors (Lipinski definition) is 0. The van der Waals surface area contributed by atoms with Crippen molar-refractivity contribution in [2.24, 2.45) is 0 Å². The Morgan fingerprint density at radius 1 is 0.250 bits per heavy atom. The van der Waals surface area contributed by atoms with Crippen LogP contribution in [0.25, 0.3) is 202 Å². The number of ketones is 1. The lowest BCUT2D eigenvalue weighted by molar-refractivity contribution is -0.114. The Labute approximate surface area is 822 Å². The van der Waals surface area contributed by atoms with Gasteiger partial charge in [-0.2, -0.15) is 0 Å². The smallest absolute Gasteiger partial charge is 0.162 e. The number of aromatic nitrogens is 2. The van der Waals surface area contributed by atoms with Crippen LogP contribution in [0.1, 0.15) is 18.1 Å². The van der Waals surface area contributed by atoms with Gasteiger partial charge in [0.05, 0.1) is 22.1 Å². The van der Waals surface area contributed by atoms with Crippen LogP contribution in [0.15, 0.2) is 516 Å². The number of rotatable bonds is 21. The Balaban J connectivity index is 0.000000152. The number of thiophene rings is 2. The molecule has 4 aromatic heterocycles. The number of fused-ring (bicyclic) bond motifs is 12. The molecule has 0 saturated carbocycles. The molecule has 4 heterocycles. The number of Topliss-reactive ketones (excluding diaryl/α,β-unsaturated/α-hetero) is 1. The van der Waals surface area contributed by atoms with Crippen molar-refractivity contribution in [3.05, 3.63) is 527 Å². The van der Waals surface area contributed by atoms with E-state index in [0.29, 0.717) is 12.0 Å². The van der Waals surface area contributed by atoms with Crippen molar-refractivity contribution in [1.82, 2.24) is 9.13 Å². The molecular formula is C133H92N4OS2. The van der Waals surface area contributed by atoms with E-state index in [2.05, 4.69) is 517 Å². The van der Waals surface area contributed by atoms with Crippen LogP contribution in [0.3, 0.4) is 0 Å². The molecule has 0 atom stereocenters. The predicted octanol–water partition coefficient (Wildman–Crippen LogP) is 37.6. The lowest BCUT2D eigenvalue weighted by atomic mass is 9.98. The van der Waals surface area contributed by atoms with Crippen molar-refractivity contribution in [1.29, 1.82) is 0 Å². The highest BCUT2D eigenvalue weighted by atomic mass is 32.1. The molecule has 0 unspecified atom stereocenters. The molecule has 25 rings (SSSR count). The van der Waals surface area contributed by atoms with Crippen molar-refractivity contribution in [3.63, 3.8) is 0 Å². The summed E-state index contributed by atoms with van der Waals surface area (Å²) >= 11 is 3.74. The van der Waals surface area contributed by atoms with Crippen molar-refractivity contribution >= 4 is 153 Å². The molecule has 5 nitrogen and oxygen atoms in total. The Morgan fingerprint density at radius 2 is 0.514 bits per heavy atom. The molecule has 21 aromatic carbocycles. The molecule has 0 aliphatic rings. The predicted molar refractivity (Wildman–Crippen MR) is 599 cm³/mol. The first kappa shape index (κ1) is 85.3. The van der Waals surface area contributed by atoms with Crippen molar-refractivity contribution in [2.75, 3.05) is 9.80 Å². The van der Waals surface area contributed by atoms with Gasteiger partial charge in [0.1, 0.15) is 0 Å². The fourth-order valence-corrected chi connectivity index (χ4v) is 22.7. The van der Waals surface area contributed by atoms with Crippen LogP contribution in [-0.2, 0) is 11.2 Å². The minimum atomic E-state index is 0.0671. The first-order valence-electron chi connectivity index (χ1n) is 47.6. The summed E-state index contributed by atoms with van der Waals surface area (Å²) in [6.07, 6.45) is 2.25. The minimum Gasteiger partial charge on any atom is -0.311 e. The van der Waals surface area contributed by atoms with E-state index in [9.17, 15) is 4.79 Å². The molecule has 0 aliphatic carbocycles. The first-order chi connectivity index (χ1) is 69.1. The van der Waals surface area contributed by atoms with Gasteiger partial charge in [0.25, 0.3) is 0 Å². The van der Waals surface area contributed by atoms with Crippen molar-refractivity contribution < 1.29 is 4.79 Å². The largest absolute Gasteiger partial charge is 0.311 e. The number of carbonyl (C=O) groups excluding carboxylic acids is 1. The summed E-state index contributed by atoms with van der Waals surface area (Å²) in [7, 11) is 0. The van der Waals surface area contributed by atoms with E-state index in [4.69, 9.17) is 0 Å². The van der Waals surface area contributed by atoms with E-state index in [0.717, 1.165) is 84.3 Å². The number of nitrogens with zero attached hydrogens (tertiary/aromatic N) is 4. The maximum atomic E-state index is 12.4. The molecule has 7 heteroatoms. The second kappa shape index (κ2) is 36.9. The molecule has 0 aliphatic heterocycles. The summed E-state index contributed by atoms with van der Waals surface area (Å²) in [5, 5.41) is 10.1. The molecule has 25 aromatic rings. The summed E-state index contributed by atoms with van der Waals surface area (Å²) < 4.78 is 9.95. The quantitative estimate of drug-likeness (QED) is 0.0672. The molecule has 0 N–H and O–H groups in total. The summed E-state index contributed by atoms with van der Waals surface area (Å²) in [5.41, 5.74) is 37.6. The summed E-state index contributed by atoms with van der Waals surface area (Å²) in [4.78, 5) is 17.1. The first-order valence-corrected chi connectivity index (χ1v) is 49.2. The molecule has 0 amide bonds. The Hall–Kier alpha value is -17.6. The maximum absolute atomic E-state index is 12.4. The zero-order valence-corrected chi connectivity index (χ0v) is 78.7. The van der Waals surface area contributed by atoms with Gasteiger partial charge in [-0.05, 0) is 269 Å². The van der Waals surface area contributed by atoms with Crippen molar-refractivity contribution in [2.45, 2.75) is 13.3 Å². The van der Waals surface area contributed by atoms with E-state index in [1.165, 1.54) is 156 Å². The lowest BCUT2D eigenvalue weighted by Gasteiger charge is -2.26. The van der Waals surface area contributed by atoms with Crippen LogP contribution in [0.5, 0.6) is 0 Å². The average Bonchev–Trinajstić information content (AvgIpc) is 1.59. The Kier molecular flexibility index (Phi) is 22.5. The number of benzene rings is 21. The Morgan fingerprint density at radius 3 is 0.850 bits per heavy atom. The zero-order valence-electron chi connectivity index (χ0n) is 77.1. The van der Waals surface area contributed by atoms with Crippen LogP contribution in [0, 0.1) is 0 Å². The maximum Gasteiger partial charge on any atom is 0.162 e. The van der Waals surface area contributed by atoms with Gasteiger partial charge >= 0.3 is 0 Å². The summed E-state index contributed by atoms with van der Waals surface area (Å²) in [6.45, 7) is 9.53. The molecule has 0 saturated heterocycles. The number of carbonyl (C=O) groups is 1. The molecule has 662 valence electrons. The molecule has 140 heavy (non-hydrogen) atoms. The van der Waals surface area contributed by atoms with E-state index in [1.807, 2.05) is 40.9 Å². The number of para-hydroxylation sites is 2. The third-order valence-electron chi connectivity index (χ3n) is 27.5. The van der Waals surface area contributed by atoms with Gasteiger partial charge in [-0.25, -0.2) is 0 Å². The van der Waals surface area contributed by atoms with E-state index in [1.54, 1.807) is 6.92 Å². The minimum absolute atomic E-state index is 0.0671. The topological polar surface area (TPSA) is 33.4 Å². The summed E-state index contributed by atoms with van der Waals surface area (Å²) in [5.74, 6) is 0.0671. The summed E-state index contributed by atoms with van der Waals surface area (Å²) in [6, 6.07) is 180. The normalized spacial score (nSPS) is 11.4. The average molecular weight is 1830 g/mol. The fraction of sp³-hybridized carbons (Fsp3) is 0.0150. The van der Waals surface area contributed by atoms with E-state index >= 15 is 0 Å². The van der Waals surface area contributed by atoms with Crippen LogP contribution >= 0.6 is 22.7 Å². The lowest BCUT2D eigenvalue weighted by Crippen LogP contribution is -2.09. The van der Waals surface area contributed by atoms with Gasteiger partial charge in [0.2, 0.25) is 0 Å². The monoisotopic (exact) mass is 1820 g/mol. The van der Waals surface area contributed by atoms with E-state index < -0.39 is 0 Å². The Bertz CT molecular complexity index is 8970. The molecular weight excluding hydrogens is 1730 g/mol. The highest BCUT2D eigenvalue weighted by Crippen LogP contribution is 2.48. The SMILES string of the molecule is C=C(C)C(=O)Cc1ccc(-n2c3ccccc3c3cc(-c4ccc(-c5ccc(N(c6ccc(-c7ccccc7)cc6)c6ccc(-c7cccc8c7sc7ccccc78)cc6)cc5)cc4)ccc32)cc1.C=Cc1ccc(-n2c3ccccc3c3cc(-c4ccc(-c5ccc(N(c6ccc(-c7ccc(-c8ccccc8)cc7)cc6)c6ccc(-c7cccc8c7sc7ccccc78)cc6)cc5)cc4)ccc32)cc1. The number of hydrogen-bond acceptors (Lipinski definition) is 5. The van der Waals surface area contributed by atoms with Crippen molar-refractivity contribution in [3.8, 4) is 112 Å². The van der Waals surface area contributed by atoms with Gasteiger partial charge in [-0.1, -0.05) is 371 Å². The van der Waals surface area contributed by atoms with Gasteiger partial charge in [0.15, 0.2) is 5.78 Å². The molecule has 0 spiro atoms. The second-order valence-electron chi connectivity index (χ2n) is 36.0. The van der Waals surface area contributed by atoms with Gasteiger partial charge < -0.3 is 18.9 Å². The zero-order chi connectivity index (χ0) is 93.7. The van der Waals surface area contributed by atoms with Crippen LogP contribution in [-0.4, -0.2) is 14.9 Å². The molecule has 0 bridgehead atoms. The third-order valence-corrected chi connectivity index (χ3v) is 29.9. The van der Waals surface area contributed by atoms with Crippen LogP contribution in [0.2, 0.25) is 0 Å². The highest BCUT2D eigenvalue weighted by Gasteiger charge is 2.23. The van der Waals surface area contributed by atoms with Gasteiger partial charge in [0, 0.05) is 114 Å². The standard InChI is InChI=1S/C68H46N2S.C65H46N2OS/c1-2-46-19-36-59(37-20-46)70-65-17-8-6-13-61(65)64-45-55(35-44-66(64)70)53-27-25-50(26-28-53)52-31-40-57(41-32-52)69(56-38-29-51(30-39-56)49-23-21-48(22-24-49)47-11-4-3-5-12-47)58-42-33-54(34-43-58)60-15-10-16-63-62-14-7-9-18-67(62)71-68(60)63;1-43(2)63(68)41-44-19-32-55(33-20-44)67-61-17-8-6-13-57(61)60-42-51(31-40-62(60)67)49-23-21-46(22-24-49)48-27-36-53(37-28-48)66(52-34-25-47(26-35-52)45-11-4-3-5-12-45)54-38-29-50(30-39-54)56-15-10-16-59-58-14-7-9-18-64(58)69-65(56)59/h2-45H,1H2;3-40,42H,1,41H2,2H3. The number of allylic oxidation sites excluding steroid dienone is 1.